The van der Waals surface area contributed by atoms with Crippen LogP contribution < -0.4 is 5.73 Å². The third kappa shape index (κ3) is 2.12. The Morgan fingerprint density at radius 2 is 2.14 bits per heavy atom. The summed E-state index contributed by atoms with van der Waals surface area (Å²) in [6, 6.07) is 1.64. The number of nitrogens with two attached hydrogens (primary N) is 1. The molecule has 0 aliphatic heterocycles. The molecule has 1 unspecified atom stereocenters. The molecule has 72 valence electrons. The summed E-state index contributed by atoms with van der Waals surface area (Å²) in [5, 5.41) is 0. The average Bonchev–Trinajstić information content (AvgIpc) is 2.72. The first-order valence-corrected chi connectivity index (χ1v) is 5.14. The molecule has 0 fully saturated rings. The fourth-order valence-corrected chi connectivity index (χ4v) is 1.81. The quantitative estimate of drug-likeness (QED) is 0.818. The van der Waals surface area contributed by atoms with Gasteiger partial charge in [-0.05, 0) is 6.07 Å². The predicted molar refractivity (Wildman–Crippen MR) is 54.8 cm³/mol. The van der Waals surface area contributed by atoms with E-state index in [2.05, 4.69) is 15.0 Å². The van der Waals surface area contributed by atoms with Crippen LogP contribution in [0.5, 0.6) is 0 Å². The standard InChI is InChI=1S/C9H10N4S/c10-8(4-7-5-11-6-14-7)9-12-2-1-3-13-9/h1-3,5-6,8H,4,10H2. The third-order valence-electron chi connectivity index (χ3n) is 1.82. The maximum Gasteiger partial charge on any atom is 0.145 e. The molecule has 14 heavy (non-hydrogen) atoms. The largest absolute Gasteiger partial charge is 0.321 e. The van der Waals surface area contributed by atoms with E-state index in [0.29, 0.717) is 5.82 Å². The van der Waals surface area contributed by atoms with Crippen molar-refractivity contribution in [3.63, 3.8) is 0 Å². The normalized spacial score (nSPS) is 12.6. The Kier molecular flexibility index (Phi) is 2.81. The van der Waals surface area contributed by atoms with Gasteiger partial charge in [-0.1, -0.05) is 0 Å². The number of aromatic nitrogens is 3. The van der Waals surface area contributed by atoms with Crippen LogP contribution >= 0.6 is 11.3 Å². The molecule has 2 heterocycles. The Morgan fingerprint density at radius 1 is 1.36 bits per heavy atom. The lowest BCUT2D eigenvalue weighted by Gasteiger charge is -2.07. The zero-order valence-electron chi connectivity index (χ0n) is 7.50. The van der Waals surface area contributed by atoms with E-state index in [4.69, 9.17) is 5.73 Å². The molecule has 0 aromatic carbocycles. The van der Waals surface area contributed by atoms with Crippen LogP contribution in [0.25, 0.3) is 0 Å². The van der Waals surface area contributed by atoms with E-state index in [-0.39, 0.29) is 6.04 Å². The van der Waals surface area contributed by atoms with E-state index >= 15 is 0 Å². The highest BCUT2D eigenvalue weighted by molar-refractivity contribution is 7.09. The van der Waals surface area contributed by atoms with Crippen molar-refractivity contribution in [1.82, 2.24) is 15.0 Å². The minimum absolute atomic E-state index is 0.142. The van der Waals surface area contributed by atoms with Crippen molar-refractivity contribution < 1.29 is 0 Å². The summed E-state index contributed by atoms with van der Waals surface area (Å²) in [6.45, 7) is 0. The highest BCUT2D eigenvalue weighted by atomic mass is 32.1. The molecule has 2 N–H and O–H groups in total. The van der Waals surface area contributed by atoms with Crippen LogP contribution in [-0.2, 0) is 6.42 Å². The lowest BCUT2D eigenvalue weighted by molar-refractivity contribution is 0.672. The second-order valence-corrected chi connectivity index (χ2v) is 3.86. The summed E-state index contributed by atoms with van der Waals surface area (Å²) >= 11 is 1.60. The maximum atomic E-state index is 5.94. The van der Waals surface area contributed by atoms with Crippen molar-refractivity contribution in [2.45, 2.75) is 12.5 Å². The van der Waals surface area contributed by atoms with Crippen LogP contribution in [-0.4, -0.2) is 15.0 Å². The topological polar surface area (TPSA) is 64.7 Å². The van der Waals surface area contributed by atoms with Gasteiger partial charge < -0.3 is 5.73 Å². The molecular weight excluding hydrogens is 196 g/mol. The average molecular weight is 206 g/mol. The first kappa shape index (κ1) is 9.23. The fourth-order valence-electron chi connectivity index (χ4n) is 1.15. The highest BCUT2D eigenvalue weighted by Gasteiger charge is 2.09. The van der Waals surface area contributed by atoms with Crippen molar-refractivity contribution in [2.24, 2.45) is 5.73 Å². The molecule has 0 aliphatic rings. The summed E-state index contributed by atoms with van der Waals surface area (Å²) < 4.78 is 0. The minimum atomic E-state index is -0.142. The van der Waals surface area contributed by atoms with Crippen molar-refractivity contribution >= 4 is 11.3 Å². The predicted octanol–water partition coefficient (Wildman–Crippen LogP) is 1.18. The van der Waals surface area contributed by atoms with Crippen molar-refractivity contribution in [3.8, 4) is 0 Å². The van der Waals surface area contributed by atoms with E-state index < -0.39 is 0 Å². The highest BCUT2D eigenvalue weighted by Crippen LogP contribution is 2.14. The molecule has 2 aromatic rings. The summed E-state index contributed by atoms with van der Waals surface area (Å²) in [4.78, 5) is 13.4. The lowest BCUT2D eigenvalue weighted by Crippen LogP contribution is -2.15. The first-order valence-electron chi connectivity index (χ1n) is 4.26. The number of rotatable bonds is 3. The zero-order chi connectivity index (χ0) is 9.80. The third-order valence-corrected chi connectivity index (χ3v) is 2.62. The van der Waals surface area contributed by atoms with E-state index in [9.17, 15) is 0 Å². The van der Waals surface area contributed by atoms with Gasteiger partial charge in [-0.25, -0.2) is 9.97 Å². The molecule has 2 rings (SSSR count). The van der Waals surface area contributed by atoms with Crippen LogP contribution in [0.3, 0.4) is 0 Å². The molecule has 0 spiro atoms. The van der Waals surface area contributed by atoms with Crippen molar-refractivity contribution in [1.29, 1.82) is 0 Å². The molecule has 5 heteroatoms. The van der Waals surface area contributed by atoms with Gasteiger partial charge in [-0.2, -0.15) is 0 Å². The molecular formula is C9H10N4S. The van der Waals surface area contributed by atoms with Crippen LogP contribution in [0.4, 0.5) is 0 Å². The zero-order valence-corrected chi connectivity index (χ0v) is 8.31. The van der Waals surface area contributed by atoms with E-state index in [0.717, 1.165) is 11.3 Å². The molecule has 0 amide bonds. The smallest absolute Gasteiger partial charge is 0.145 e. The number of nitrogens with zero attached hydrogens (tertiary/aromatic N) is 3. The fraction of sp³-hybridized carbons (Fsp3) is 0.222. The molecule has 2 aromatic heterocycles. The lowest BCUT2D eigenvalue weighted by atomic mass is 10.2. The Balaban J connectivity index is 2.07. The Morgan fingerprint density at radius 3 is 2.79 bits per heavy atom. The van der Waals surface area contributed by atoms with Crippen molar-refractivity contribution in [2.75, 3.05) is 0 Å². The molecule has 0 saturated heterocycles. The molecule has 0 radical (unpaired) electrons. The van der Waals surface area contributed by atoms with Gasteiger partial charge in [0.1, 0.15) is 5.82 Å². The summed E-state index contributed by atoms with van der Waals surface area (Å²) in [7, 11) is 0. The van der Waals surface area contributed by atoms with Crippen LogP contribution in [0.1, 0.15) is 16.7 Å². The van der Waals surface area contributed by atoms with Gasteiger partial charge in [-0.3, -0.25) is 4.98 Å². The van der Waals surface area contributed by atoms with Gasteiger partial charge in [0.2, 0.25) is 0 Å². The molecule has 4 nitrogen and oxygen atoms in total. The number of hydrogen-bond acceptors (Lipinski definition) is 5. The van der Waals surface area contributed by atoms with E-state index in [1.807, 2.05) is 6.20 Å². The monoisotopic (exact) mass is 206 g/mol. The van der Waals surface area contributed by atoms with Gasteiger partial charge in [0.05, 0.1) is 11.6 Å². The summed E-state index contributed by atoms with van der Waals surface area (Å²) in [6.07, 6.45) is 5.98. The summed E-state index contributed by atoms with van der Waals surface area (Å²) in [5.74, 6) is 0.681. The van der Waals surface area contributed by atoms with Gasteiger partial charge in [0, 0.05) is 29.9 Å². The van der Waals surface area contributed by atoms with Gasteiger partial charge in [0.15, 0.2) is 0 Å². The first-order chi connectivity index (χ1) is 6.86. The van der Waals surface area contributed by atoms with Crippen LogP contribution in [0.15, 0.2) is 30.2 Å². The second kappa shape index (κ2) is 4.26. The minimum Gasteiger partial charge on any atom is -0.321 e. The number of hydrogen-bond donors (Lipinski definition) is 1. The summed E-state index contributed by atoms with van der Waals surface area (Å²) in [5.41, 5.74) is 7.74. The van der Waals surface area contributed by atoms with E-state index in [1.54, 1.807) is 35.3 Å². The Labute approximate surface area is 85.9 Å². The Bertz CT molecular complexity index is 373. The number of thiazole rings is 1. The van der Waals surface area contributed by atoms with Gasteiger partial charge in [-0.15, -0.1) is 11.3 Å². The Hall–Kier alpha value is -1.33. The van der Waals surface area contributed by atoms with Crippen LogP contribution in [0.2, 0.25) is 0 Å². The molecule has 0 aliphatic carbocycles. The SMILES string of the molecule is NC(Cc1cncs1)c1ncccn1. The molecule has 1 atom stereocenters. The molecule has 0 bridgehead atoms. The maximum absolute atomic E-state index is 5.94. The second-order valence-electron chi connectivity index (χ2n) is 2.89. The van der Waals surface area contributed by atoms with Gasteiger partial charge >= 0.3 is 0 Å². The van der Waals surface area contributed by atoms with Gasteiger partial charge in [0.25, 0.3) is 0 Å². The van der Waals surface area contributed by atoms with Crippen molar-refractivity contribution in [3.05, 3.63) is 40.9 Å². The van der Waals surface area contributed by atoms with E-state index in [1.165, 1.54) is 0 Å². The molecule has 0 saturated carbocycles. The van der Waals surface area contributed by atoms with Crippen LogP contribution in [0, 0.1) is 0 Å².